The summed E-state index contributed by atoms with van der Waals surface area (Å²) in [5.74, 6) is 0.486. The number of sulfonamides is 1. The summed E-state index contributed by atoms with van der Waals surface area (Å²) in [7, 11) is -3.43. The molecule has 0 aromatic heterocycles. The molecule has 0 spiro atoms. The van der Waals surface area contributed by atoms with Gasteiger partial charge >= 0.3 is 0 Å². The Hall–Kier alpha value is -2.02. The van der Waals surface area contributed by atoms with Crippen molar-refractivity contribution in [3.05, 3.63) is 30.9 Å². The van der Waals surface area contributed by atoms with Crippen LogP contribution in [0, 0.1) is 11.3 Å². The minimum Gasteiger partial charge on any atom is -0.490 e. The van der Waals surface area contributed by atoms with Crippen LogP contribution in [0.25, 0.3) is 0 Å². The van der Waals surface area contributed by atoms with Crippen molar-refractivity contribution in [2.75, 3.05) is 28.5 Å². The molecule has 7 heteroatoms. The first kappa shape index (κ1) is 19.3. The standard InChI is InChI=1S/C18H26N2O4S/c1-6-9-20-15-8-7-14(19-25(22,23)11-13(2)3)10-16(15)24-12-18(4,5)17(20)21/h6-8,10,13,19H,1,9,11-12H2,2-5H3. The smallest absolute Gasteiger partial charge is 0.236 e. The van der Waals surface area contributed by atoms with Gasteiger partial charge in [-0.1, -0.05) is 19.9 Å². The maximum Gasteiger partial charge on any atom is 0.236 e. The zero-order valence-corrected chi connectivity index (χ0v) is 16.0. The number of hydrogen-bond acceptors (Lipinski definition) is 4. The summed E-state index contributed by atoms with van der Waals surface area (Å²) in [5.41, 5.74) is 0.353. The maximum atomic E-state index is 12.7. The minimum absolute atomic E-state index is 0.0241. The number of nitrogens with one attached hydrogen (secondary N) is 1. The third kappa shape index (κ3) is 4.54. The number of amides is 1. The minimum atomic E-state index is -3.43. The van der Waals surface area contributed by atoms with Crippen LogP contribution in [-0.2, 0) is 14.8 Å². The largest absolute Gasteiger partial charge is 0.490 e. The lowest BCUT2D eigenvalue weighted by molar-refractivity contribution is -0.127. The Morgan fingerprint density at radius 2 is 2.08 bits per heavy atom. The SMILES string of the molecule is C=CCN1C(=O)C(C)(C)COc2cc(NS(=O)(=O)CC(C)C)ccc21. The van der Waals surface area contributed by atoms with Gasteiger partial charge in [0.1, 0.15) is 12.4 Å². The quantitative estimate of drug-likeness (QED) is 0.785. The number of nitrogens with zero attached hydrogens (tertiary/aromatic N) is 1. The fourth-order valence-corrected chi connectivity index (χ4v) is 4.13. The van der Waals surface area contributed by atoms with E-state index in [1.807, 2.05) is 27.7 Å². The molecule has 2 rings (SSSR count). The van der Waals surface area contributed by atoms with E-state index < -0.39 is 15.4 Å². The number of hydrogen-bond donors (Lipinski definition) is 1. The highest BCUT2D eigenvalue weighted by Gasteiger charge is 2.37. The molecule has 25 heavy (non-hydrogen) atoms. The van der Waals surface area contributed by atoms with Gasteiger partial charge in [0.2, 0.25) is 15.9 Å². The summed E-state index contributed by atoms with van der Waals surface area (Å²) >= 11 is 0. The van der Waals surface area contributed by atoms with Crippen LogP contribution in [0.15, 0.2) is 30.9 Å². The molecule has 6 nitrogen and oxygen atoms in total. The summed E-state index contributed by atoms with van der Waals surface area (Å²) in [5, 5.41) is 0. The van der Waals surface area contributed by atoms with Gasteiger partial charge in [0.25, 0.3) is 0 Å². The molecule has 1 aromatic carbocycles. The van der Waals surface area contributed by atoms with Crippen LogP contribution < -0.4 is 14.4 Å². The van der Waals surface area contributed by atoms with E-state index in [1.165, 1.54) is 0 Å². The van der Waals surface area contributed by atoms with E-state index in [0.29, 0.717) is 23.7 Å². The van der Waals surface area contributed by atoms with Gasteiger partial charge in [-0.2, -0.15) is 0 Å². The van der Waals surface area contributed by atoms with Gasteiger partial charge in [-0.25, -0.2) is 8.42 Å². The maximum absolute atomic E-state index is 12.7. The zero-order chi connectivity index (χ0) is 18.8. The monoisotopic (exact) mass is 366 g/mol. The van der Waals surface area contributed by atoms with Crippen molar-refractivity contribution in [1.82, 2.24) is 0 Å². The zero-order valence-electron chi connectivity index (χ0n) is 15.2. The third-order valence-electron chi connectivity index (χ3n) is 3.80. The van der Waals surface area contributed by atoms with E-state index in [2.05, 4.69) is 11.3 Å². The summed E-state index contributed by atoms with van der Waals surface area (Å²) in [6.45, 7) is 11.6. The highest BCUT2D eigenvalue weighted by atomic mass is 32.2. The fraction of sp³-hybridized carbons (Fsp3) is 0.500. The Morgan fingerprint density at radius 1 is 1.40 bits per heavy atom. The van der Waals surface area contributed by atoms with Crippen LogP contribution in [-0.4, -0.2) is 33.2 Å². The lowest BCUT2D eigenvalue weighted by atomic mass is 9.93. The van der Waals surface area contributed by atoms with Gasteiger partial charge in [0.15, 0.2) is 0 Å². The number of rotatable bonds is 6. The van der Waals surface area contributed by atoms with E-state index in [1.54, 1.807) is 29.2 Å². The Labute approximate surface area is 149 Å². The third-order valence-corrected chi connectivity index (χ3v) is 5.45. The molecule has 0 radical (unpaired) electrons. The number of carbonyl (C=O) groups excluding carboxylic acids is 1. The molecule has 138 valence electrons. The van der Waals surface area contributed by atoms with Gasteiger partial charge in [0, 0.05) is 12.6 Å². The van der Waals surface area contributed by atoms with Gasteiger partial charge in [0.05, 0.1) is 22.5 Å². The van der Waals surface area contributed by atoms with Crippen molar-refractivity contribution in [3.63, 3.8) is 0 Å². The number of carbonyl (C=O) groups is 1. The Morgan fingerprint density at radius 3 is 2.68 bits per heavy atom. The first-order valence-corrected chi connectivity index (χ1v) is 9.91. The number of fused-ring (bicyclic) bond motifs is 1. The second-order valence-electron chi connectivity index (χ2n) is 7.34. The van der Waals surface area contributed by atoms with Crippen molar-refractivity contribution >= 4 is 27.3 Å². The second kappa shape index (κ2) is 7.07. The van der Waals surface area contributed by atoms with Crippen LogP contribution in [0.2, 0.25) is 0 Å². The van der Waals surface area contributed by atoms with Crippen molar-refractivity contribution in [2.24, 2.45) is 11.3 Å². The number of ether oxygens (including phenoxy) is 1. The molecule has 0 unspecified atom stereocenters. The molecular weight excluding hydrogens is 340 g/mol. The van der Waals surface area contributed by atoms with Gasteiger partial charge in [-0.05, 0) is 31.9 Å². The number of anilines is 2. The van der Waals surface area contributed by atoms with Crippen molar-refractivity contribution < 1.29 is 17.9 Å². The highest BCUT2D eigenvalue weighted by Crippen LogP contribution is 2.38. The van der Waals surface area contributed by atoms with Crippen LogP contribution in [0.4, 0.5) is 11.4 Å². The number of benzene rings is 1. The molecular formula is C18H26N2O4S. The molecule has 1 aromatic rings. The highest BCUT2D eigenvalue weighted by molar-refractivity contribution is 7.92. The first-order valence-electron chi connectivity index (χ1n) is 8.26. The average molecular weight is 366 g/mol. The predicted molar refractivity (Wildman–Crippen MR) is 101 cm³/mol. The summed E-state index contributed by atoms with van der Waals surface area (Å²) in [4.78, 5) is 14.4. The molecule has 0 saturated carbocycles. The Bertz CT molecular complexity index is 769. The van der Waals surface area contributed by atoms with E-state index in [-0.39, 0.29) is 24.2 Å². The topological polar surface area (TPSA) is 75.7 Å². The van der Waals surface area contributed by atoms with Gasteiger partial charge in [-0.3, -0.25) is 9.52 Å². The van der Waals surface area contributed by atoms with E-state index >= 15 is 0 Å². The lowest BCUT2D eigenvalue weighted by Crippen LogP contribution is -2.42. The lowest BCUT2D eigenvalue weighted by Gasteiger charge is -2.27. The van der Waals surface area contributed by atoms with Crippen molar-refractivity contribution in [2.45, 2.75) is 27.7 Å². The molecule has 1 aliphatic rings. The van der Waals surface area contributed by atoms with Gasteiger partial charge < -0.3 is 9.64 Å². The van der Waals surface area contributed by atoms with Crippen molar-refractivity contribution in [1.29, 1.82) is 0 Å². The van der Waals surface area contributed by atoms with Crippen molar-refractivity contribution in [3.8, 4) is 5.75 Å². The summed E-state index contributed by atoms with van der Waals surface area (Å²) in [6, 6.07) is 4.96. The van der Waals surface area contributed by atoms with E-state index in [4.69, 9.17) is 4.74 Å². The molecule has 1 heterocycles. The average Bonchev–Trinajstić information content (AvgIpc) is 2.56. The molecule has 0 fully saturated rings. The predicted octanol–water partition coefficient (Wildman–Crippen LogP) is 3.02. The van der Waals surface area contributed by atoms with Gasteiger partial charge in [-0.15, -0.1) is 6.58 Å². The van der Waals surface area contributed by atoms with Crippen LogP contribution in [0.3, 0.4) is 0 Å². The Kier molecular flexibility index (Phi) is 5.46. The van der Waals surface area contributed by atoms with Crippen LogP contribution in [0.5, 0.6) is 5.75 Å². The molecule has 0 atom stereocenters. The Balaban J connectivity index is 2.38. The normalized spacial score (nSPS) is 16.8. The molecule has 1 N–H and O–H groups in total. The molecule has 0 bridgehead atoms. The molecule has 0 saturated heterocycles. The molecule has 0 aliphatic carbocycles. The summed E-state index contributed by atoms with van der Waals surface area (Å²) in [6.07, 6.45) is 1.66. The van der Waals surface area contributed by atoms with E-state index in [9.17, 15) is 13.2 Å². The summed E-state index contributed by atoms with van der Waals surface area (Å²) < 4.78 is 32.7. The van der Waals surface area contributed by atoms with Crippen LogP contribution in [0.1, 0.15) is 27.7 Å². The molecule has 1 aliphatic heterocycles. The first-order chi connectivity index (χ1) is 11.6. The van der Waals surface area contributed by atoms with Crippen LogP contribution >= 0.6 is 0 Å². The molecule has 1 amide bonds. The fourth-order valence-electron chi connectivity index (χ4n) is 2.68. The van der Waals surface area contributed by atoms with E-state index in [0.717, 1.165) is 0 Å². The second-order valence-corrected chi connectivity index (χ2v) is 9.10.